The van der Waals surface area contributed by atoms with E-state index in [4.69, 9.17) is 5.73 Å². The first-order valence-corrected chi connectivity index (χ1v) is 2.88. The number of H-pyrrole nitrogens is 2. The van der Waals surface area contributed by atoms with E-state index in [-0.39, 0.29) is 11.4 Å². The molecule has 0 unspecified atom stereocenters. The molecule has 0 bridgehead atoms. The minimum absolute atomic E-state index is 0.160. The average Bonchev–Trinajstić information content (AvgIpc) is 1.85. The predicted octanol–water partition coefficient (Wildman–Crippen LogP) is -1.01. The molecule has 1 aromatic heterocycles. The van der Waals surface area contributed by atoms with Crippen molar-refractivity contribution in [1.82, 2.24) is 9.97 Å². The summed E-state index contributed by atoms with van der Waals surface area (Å²) < 4.78 is 0. The molecule has 0 saturated carbocycles. The van der Waals surface area contributed by atoms with E-state index >= 15 is 0 Å². The number of aromatic nitrogens is 2. The van der Waals surface area contributed by atoms with Crippen molar-refractivity contribution in [2.45, 2.75) is 0 Å². The lowest BCUT2D eigenvalue weighted by atomic mass is 10.3. The third-order valence-corrected chi connectivity index (χ3v) is 1.11. The van der Waals surface area contributed by atoms with E-state index in [0.29, 0.717) is 0 Å². The molecule has 1 rings (SSSR count). The first-order chi connectivity index (χ1) is 5.09. The van der Waals surface area contributed by atoms with E-state index in [0.717, 1.165) is 0 Å². The first kappa shape index (κ1) is 7.33. The van der Waals surface area contributed by atoms with Crippen LogP contribution in [0.2, 0.25) is 0 Å². The fourth-order valence-electron chi connectivity index (χ4n) is 0.642. The molecule has 0 fully saturated rings. The zero-order chi connectivity index (χ0) is 8.43. The fraction of sp³-hybridized carbons (Fsp3) is 0. The van der Waals surface area contributed by atoms with Crippen LogP contribution >= 0.6 is 0 Å². The van der Waals surface area contributed by atoms with E-state index in [1.807, 2.05) is 4.98 Å². The monoisotopic (exact) mass is 153 g/mol. The zero-order valence-corrected chi connectivity index (χ0v) is 5.68. The standard InChI is InChI=1S/C6H7N3O2/c1-3(7)4-2-5(10)9-6(11)8-4/h2H,1,7H2,(H2,8,9,10,11). The number of nitrogens with two attached hydrogens (primary N) is 1. The highest BCUT2D eigenvalue weighted by Gasteiger charge is 1.95. The Morgan fingerprint density at radius 2 is 2.09 bits per heavy atom. The van der Waals surface area contributed by atoms with Gasteiger partial charge in [-0.1, -0.05) is 6.58 Å². The van der Waals surface area contributed by atoms with Gasteiger partial charge in [0.25, 0.3) is 5.56 Å². The van der Waals surface area contributed by atoms with Crippen LogP contribution in [0.5, 0.6) is 0 Å². The molecule has 0 spiro atoms. The molecule has 5 heteroatoms. The minimum Gasteiger partial charge on any atom is -0.398 e. The van der Waals surface area contributed by atoms with Crippen molar-refractivity contribution in [3.63, 3.8) is 0 Å². The van der Waals surface area contributed by atoms with Crippen molar-refractivity contribution in [2.24, 2.45) is 5.73 Å². The summed E-state index contributed by atoms with van der Waals surface area (Å²) in [6, 6.07) is 1.17. The Labute approximate surface area is 61.6 Å². The number of nitrogens with one attached hydrogen (secondary N) is 2. The molecule has 0 amide bonds. The molecular weight excluding hydrogens is 146 g/mol. The zero-order valence-electron chi connectivity index (χ0n) is 5.68. The van der Waals surface area contributed by atoms with E-state index in [9.17, 15) is 9.59 Å². The third-order valence-electron chi connectivity index (χ3n) is 1.11. The van der Waals surface area contributed by atoms with E-state index in [2.05, 4.69) is 11.6 Å². The van der Waals surface area contributed by atoms with E-state index in [1.54, 1.807) is 0 Å². The van der Waals surface area contributed by atoms with Crippen LogP contribution in [0.3, 0.4) is 0 Å². The number of rotatable bonds is 1. The normalized spacial score (nSPS) is 9.45. The predicted molar refractivity (Wildman–Crippen MR) is 40.9 cm³/mol. The molecule has 0 atom stereocenters. The molecule has 0 aromatic carbocycles. The number of hydrogen-bond acceptors (Lipinski definition) is 3. The van der Waals surface area contributed by atoms with Gasteiger partial charge in [-0.05, 0) is 0 Å². The summed E-state index contributed by atoms with van der Waals surface area (Å²) in [7, 11) is 0. The molecule has 11 heavy (non-hydrogen) atoms. The van der Waals surface area contributed by atoms with Gasteiger partial charge in [0.1, 0.15) is 0 Å². The summed E-state index contributed by atoms with van der Waals surface area (Å²) in [4.78, 5) is 25.6. The lowest BCUT2D eigenvalue weighted by Gasteiger charge is -1.95. The summed E-state index contributed by atoms with van der Waals surface area (Å²) in [5, 5.41) is 0. The Bertz CT molecular complexity index is 359. The fourth-order valence-corrected chi connectivity index (χ4v) is 0.642. The molecular formula is C6H7N3O2. The van der Waals surface area contributed by atoms with Crippen molar-refractivity contribution in [3.8, 4) is 0 Å². The third kappa shape index (κ3) is 1.57. The van der Waals surface area contributed by atoms with Gasteiger partial charge in [-0.15, -0.1) is 0 Å². The average molecular weight is 153 g/mol. The molecule has 4 N–H and O–H groups in total. The maximum absolute atomic E-state index is 10.6. The van der Waals surface area contributed by atoms with Crippen molar-refractivity contribution < 1.29 is 0 Å². The summed E-state index contributed by atoms with van der Waals surface area (Å²) >= 11 is 0. The topological polar surface area (TPSA) is 91.7 Å². The molecule has 1 aromatic rings. The second-order valence-corrected chi connectivity index (χ2v) is 2.03. The highest BCUT2D eigenvalue weighted by Crippen LogP contribution is 1.93. The quantitative estimate of drug-likeness (QED) is 0.482. The van der Waals surface area contributed by atoms with Crippen LogP contribution in [-0.4, -0.2) is 9.97 Å². The molecule has 0 aliphatic heterocycles. The molecule has 5 nitrogen and oxygen atoms in total. The van der Waals surface area contributed by atoms with Crippen LogP contribution < -0.4 is 17.0 Å². The number of hydrogen-bond donors (Lipinski definition) is 3. The number of aromatic amines is 2. The molecule has 0 saturated heterocycles. The smallest absolute Gasteiger partial charge is 0.326 e. The lowest BCUT2D eigenvalue weighted by molar-refractivity contribution is 1.02. The summed E-state index contributed by atoms with van der Waals surface area (Å²) in [5.41, 5.74) is 4.57. The Morgan fingerprint density at radius 3 is 2.55 bits per heavy atom. The SMILES string of the molecule is C=C(N)c1cc(=O)[nH]c(=O)[nH]1. The second-order valence-electron chi connectivity index (χ2n) is 2.03. The van der Waals surface area contributed by atoms with Crippen LogP contribution in [0.25, 0.3) is 5.70 Å². The molecule has 0 aliphatic rings. The van der Waals surface area contributed by atoms with Gasteiger partial charge >= 0.3 is 5.69 Å². The maximum Gasteiger partial charge on any atom is 0.326 e. The lowest BCUT2D eigenvalue weighted by Crippen LogP contribution is -2.23. The highest BCUT2D eigenvalue weighted by molar-refractivity contribution is 5.55. The maximum atomic E-state index is 10.6. The van der Waals surface area contributed by atoms with Crippen molar-refractivity contribution in [3.05, 3.63) is 39.2 Å². The molecule has 0 radical (unpaired) electrons. The summed E-state index contributed by atoms with van der Waals surface area (Å²) in [6.07, 6.45) is 0. The van der Waals surface area contributed by atoms with Crippen molar-refractivity contribution >= 4 is 5.70 Å². The Kier molecular flexibility index (Phi) is 1.63. The summed E-state index contributed by atoms with van der Waals surface area (Å²) in [6.45, 7) is 3.36. The highest BCUT2D eigenvalue weighted by atomic mass is 16.2. The van der Waals surface area contributed by atoms with Crippen molar-refractivity contribution in [1.29, 1.82) is 0 Å². The van der Waals surface area contributed by atoms with Gasteiger partial charge in [-0.25, -0.2) is 4.79 Å². The Morgan fingerprint density at radius 1 is 1.45 bits per heavy atom. The van der Waals surface area contributed by atoms with Gasteiger partial charge in [0, 0.05) is 11.8 Å². The van der Waals surface area contributed by atoms with Crippen LogP contribution in [0.4, 0.5) is 0 Å². The van der Waals surface area contributed by atoms with Gasteiger partial charge < -0.3 is 10.7 Å². The van der Waals surface area contributed by atoms with Crippen molar-refractivity contribution in [2.75, 3.05) is 0 Å². The Balaban J connectivity index is 3.42. The first-order valence-electron chi connectivity index (χ1n) is 2.88. The van der Waals surface area contributed by atoms with Gasteiger partial charge in [0.15, 0.2) is 0 Å². The molecule has 1 heterocycles. The Hall–Kier alpha value is -1.78. The minimum atomic E-state index is -0.584. The van der Waals surface area contributed by atoms with E-state index in [1.165, 1.54) is 6.07 Å². The van der Waals surface area contributed by atoms with Crippen LogP contribution in [0, 0.1) is 0 Å². The van der Waals surface area contributed by atoms with Gasteiger partial charge in [-0.2, -0.15) is 0 Å². The van der Waals surface area contributed by atoms with E-state index < -0.39 is 11.2 Å². The second kappa shape index (κ2) is 2.45. The van der Waals surface area contributed by atoms with Gasteiger partial charge in [0.05, 0.1) is 5.69 Å². The largest absolute Gasteiger partial charge is 0.398 e. The van der Waals surface area contributed by atoms with Crippen LogP contribution in [0.1, 0.15) is 5.69 Å². The summed E-state index contributed by atoms with van der Waals surface area (Å²) in [5.74, 6) is 0. The van der Waals surface area contributed by atoms with Crippen LogP contribution in [-0.2, 0) is 0 Å². The molecule has 58 valence electrons. The van der Waals surface area contributed by atoms with Gasteiger partial charge in [0.2, 0.25) is 0 Å². The van der Waals surface area contributed by atoms with Crippen LogP contribution in [0.15, 0.2) is 22.2 Å². The van der Waals surface area contributed by atoms with Gasteiger partial charge in [-0.3, -0.25) is 9.78 Å². The molecule has 0 aliphatic carbocycles.